The van der Waals surface area contributed by atoms with Gasteiger partial charge in [-0.1, -0.05) is 18.2 Å². The van der Waals surface area contributed by atoms with Gasteiger partial charge in [-0.05, 0) is 18.6 Å². The van der Waals surface area contributed by atoms with Crippen molar-refractivity contribution in [1.29, 1.82) is 0 Å². The average Bonchev–Trinajstić information content (AvgIpc) is 2.38. The fourth-order valence-electron chi connectivity index (χ4n) is 2.03. The van der Waals surface area contributed by atoms with Crippen LogP contribution in [0.15, 0.2) is 24.3 Å². The molecule has 1 aliphatic heterocycles. The van der Waals surface area contributed by atoms with E-state index < -0.39 is 0 Å². The third-order valence-corrected chi connectivity index (χ3v) is 3.06. The van der Waals surface area contributed by atoms with Crippen LogP contribution < -0.4 is 5.73 Å². The van der Waals surface area contributed by atoms with Crippen LogP contribution in [0.4, 0.5) is 0 Å². The summed E-state index contributed by atoms with van der Waals surface area (Å²) in [5.74, 6) is 0.0739. The number of halogens is 1. The van der Waals surface area contributed by atoms with Crippen molar-refractivity contribution in [1.82, 2.24) is 4.90 Å². The smallest absolute Gasteiger partial charge is 0.254 e. The Balaban J connectivity index is 0.00000162. The van der Waals surface area contributed by atoms with Crippen molar-refractivity contribution in [2.24, 2.45) is 5.73 Å². The molecule has 1 amide bonds. The summed E-state index contributed by atoms with van der Waals surface area (Å²) in [5.41, 5.74) is 7.35. The quantitative estimate of drug-likeness (QED) is 0.879. The molecule has 1 unspecified atom stereocenters. The van der Waals surface area contributed by atoms with Crippen LogP contribution in [0.3, 0.4) is 0 Å². The molecule has 0 bridgehead atoms. The largest absolute Gasteiger partial charge is 0.373 e. The van der Waals surface area contributed by atoms with E-state index >= 15 is 0 Å². The van der Waals surface area contributed by atoms with Gasteiger partial charge in [0.25, 0.3) is 5.91 Å². The molecule has 100 valence electrons. The summed E-state index contributed by atoms with van der Waals surface area (Å²) in [6.07, 6.45) is -0.0308. The summed E-state index contributed by atoms with van der Waals surface area (Å²) in [5, 5.41) is 0. The summed E-state index contributed by atoms with van der Waals surface area (Å²) in [4.78, 5) is 14.1. The number of amides is 1. The normalized spacial score (nSPS) is 19.2. The number of hydrogen-bond acceptors (Lipinski definition) is 3. The van der Waals surface area contributed by atoms with Gasteiger partial charge in [-0.3, -0.25) is 4.79 Å². The Morgan fingerprint density at radius 2 is 2.22 bits per heavy atom. The Morgan fingerprint density at radius 3 is 2.89 bits per heavy atom. The van der Waals surface area contributed by atoms with E-state index in [1.54, 1.807) is 0 Å². The lowest BCUT2D eigenvalue weighted by atomic mass is 10.1. The van der Waals surface area contributed by atoms with E-state index in [-0.39, 0.29) is 24.4 Å². The fraction of sp³-hybridized carbons (Fsp3) is 0.462. The molecule has 1 aromatic carbocycles. The second-order valence-corrected chi connectivity index (χ2v) is 4.29. The minimum absolute atomic E-state index is 0. The summed E-state index contributed by atoms with van der Waals surface area (Å²) < 4.78 is 5.45. The number of nitrogens with two attached hydrogens (primary N) is 1. The van der Waals surface area contributed by atoms with Gasteiger partial charge in [0.1, 0.15) is 0 Å². The summed E-state index contributed by atoms with van der Waals surface area (Å²) >= 11 is 0. The first kappa shape index (κ1) is 15.0. The molecule has 2 rings (SSSR count). The zero-order valence-corrected chi connectivity index (χ0v) is 11.3. The fourth-order valence-corrected chi connectivity index (χ4v) is 2.03. The highest BCUT2D eigenvalue weighted by Gasteiger charge is 2.24. The van der Waals surface area contributed by atoms with E-state index in [1.165, 1.54) is 0 Å². The highest BCUT2D eigenvalue weighted by atomic mass is 35.5. The summed E-state index contributed by atoms with van der Waals surface area (Å²) in [7, 11) is 0. The van der Waals surface area contributed by atoms with E-state index in [0.29, 0.717) is 26.2 Å². The van der Waals surface area contributed by atoms with Crippen LogP contribution in [-0.4, -0.2) is 43.2 Å². The van der Waals surface area contributed by atoms with Crippen molar-refractivity contribution in [3.8, 4) is 0 Å². The minimum Gasteiger partial charge on any atom is -0.373 e. The summed E-state index contributed by atoms with van der Waals surface area (Å²) in [6, 6.07) is 7.65. The molecule has 1 atom stereocenters. The first-order chi connectivity index (χ1) is 8.22. The number of morpholine rings is 1. The lowest BCUT2D eigenvalue weighted by Gasteiger charge is -2.32. The van der Waals surface area contributed by atoms with Crippen LogP contribution in [0.1, 0.15) is 15.9 Å². The van der Waals surface area contributed by atoms with E-state index in [0.717, 1.165) is 11.1 Å². The van der Waals surface area contributed by atoms with E-state index in [4.69, 9.17) is 10.5 Å². The van der Waals surface area contributed by atoms with Gasteiger partial charge < -0.3 is 15.4 Å². The van der Waals surface area contributed by atoms with Crippen molar-refractivity contribution in [3.05, 3.63) is 35.4 Å². The molecule has 0 spiro atoms. The van der Waals surface area contributed by atoms with Gasteiger partial charge in [-0.25, -0.2) is 0 Å². The molecule has 5 heteroatoms. The standard InChI is InChI=1S/C13H18N2O2.ClH/c1-10-4-2-3-5-12(10)13(16)15-6-7-17-11(8-14)9-15;/h2-5,11H,6-9,14H2,1H3;1H. The Hall–Kier alpha value is -1.10. The van der Waals surface area contributed by atoms with Crippen LogP contribution in [0.25, 0.3) is 0 Å². The van der Waals surface area contributed by atoms with Crippen molar-refractivity contribution in [3.63, 3.8) is 0 Å². The second-order valence-electron chi connectivity index (χ2n) is 4.29. The Bertz CT molecular complexity index is 412. The Labute approximate surface area is 114 Å². The molecule has 1 heterocycles. The first-order valence-electron chi connectivity index (χ1n) is 5.89. The number of nitrogens with zero attached hydrogens (tertiary/aromatic N) is 1. The number of hydrogen-bond donors (Lipinski definition) is 1. The van der Waals surface area contributed by atoms with Crippen LogP contribution in [-0.2, 0) is 4.74 Å². The van der Waals surface area contributed by atoms with Gasteiger partial charge in [0.2, 0.25) is 0 Å². The van der Waals surface area contributed by atoms with Gasteiger partial charge in [-0.15, -0.1) is 12.4 Å². The predicted octanol–water partition coefficient (Wildman–Crippen LogP) is 1.22. The second kappa shape index (κ2) is 6.73. The predicted molar refractivity (Wildman–Crippen MR) is 73.1 cm³/mol. The van der Waals surface area contributed by atoms with Crippen LogP contribution in [0.5, 0.6) is 0 Å². The maximum Gasteiger partial charge on any atom is 0.254 e. The number of benzene rings is 1. The maximum absolute atomic E-state index is 12.3. The topological polar surface area (TPSA) is 55.6 Å². The van der Waals surface area contributed by atoms with E-state index in [1.807, 2.05) is 36.1 Å². The molecule has 4 nitrogen and oxygen atoms in total. The molecule has 2 N–H and O–H groups in total. The zero-order chi connectivity index (χ0) is 12.3. The van der Waals surface area contributed by atoms with Crippen molar-refractivity contribution < 1.29 is 9.53 Å². The summed E-state index contributed by atoms with van der Waals surface area (Å²) in [6.45, 7) is 4.21. The third-order valence-electron chi connectivity index (χ3n) is 3.06. The lowest BCUT2D eigenvalue weighted by molar-refractivity contribution is -0.0167. The number of aryl methyl sites for hydroxylation is 1. The van der Waals surface area contributed by atoms with Gasteiger partial charge in [0.05, 0.1) is 12.7 Å². The Morgan fingerprint density at radius 1 is 1.50 bits per heavy atom. The van der Waals surface area contributed by atoms with Gasteiger partial charge in [0, 0.05) is 25.2 Å². The van der Waals surface area contributed by atoms with E-state index in [2.05, 4.69) is 0 Å². The molecule has 1 aromatic rings. The highest BCUT2D eigenvalue weighted by molar-refractivity contribution is 5.95. The molecule has 18 heavy (non-hydrogen) atoms. The Kier molecular flexibility index (Phi) is 5.59. The number of carbonyl (C=O) groups excluding carboxylic acids is 1. The van der Waals surface area contributed by atoms with Gasteiger partial charge >= 0.3 is 0 Å². The van der Waals surface area contributed by atoms with Crippen LogP contribution in [0.2, 0.25) is 0 Å². The highest BCUT2D eigenvalue weighted by Crippen LogP contribution is 2.13. The minimum atomic E-state index is -0.0308. The number of ether oxygens (including phenoxy) is 1. The van der Waals surface area contributed by atoms with Crippen molar-refractivity contribution >= 4 is 18.3 Å². The average molecular weight is 271 g/mol. The molecule has 0 radical (unpaired) electrons. The maximum atomic E-state index is 12.3. The molecule has 1 saturated heterocycles. The molecule has 1 aliphatic rings. The van der Waals surface area contributed by atoms with Crippen LogP contribution in [0, 0.1) is 6.92 Å². The molecule has 0 aromatic heterocycles. The zero-order valence-electron chi connectivity index (χ0n) is 10.5. The van der Waals surface area contributed by atoms with Crippen molar-refractivity contribution in [2.75, 3.05) is 26.2 Å². The molecule has 0 saturated carbocycles. The molecular weight excluding hydrogens is 252 g/mol. The van der Waals surface area contributed by atoms with Crippen LogP contribution >= 0.6 is 12.4 Å². The molecular formula is C13H19ClN2O2. The van der Waals surface area contributed by atoms with E-state index in [9.17, 15) is 4.79 Å². The van der Waals surface area contributed by atoms with Crippen molar-refractivity contribution in [2.45, 2.75) is 13.0 Å². The first-order valence-corrected chi connectivity index (χ1v) is 5.89. The van der Waals surface area contributed by atoms with Gasteiger partial charge in [-0.2, -0.15) is 0 Å². The lowest BCUT2D eigenvalue weighted by Crippen LogP contribution is -2.48. The molecule has 0 aliphatic carbocycles. The molecule has 1 fully saturated rings. The third kappa shape index (κ3) is 3.22. The number of carbonyl (C=O) groups is 1. The number of rotatable bonds is 2. The van der Waals surface area contributed by atoms with Gasteiger partial charge in [0.15, 0.2) is 0 Å². The monoisotopic (exact) mass is 270 g/mol. The SMILES string of the molecule is Cc1ccccc1C(=O)N1CCOC(CN)C1.Cl.